The lowest BCUT2D eigenvalue weighted by Crippen LogP contribution is -2.34. The van der Waals surface area contributed by atoms with Gasteiger partial charge in [0.05, 0.1) is 11.4 Å². The number of carbonyl (C=O) groups excluding carboxylic acids is 1. The summed E-state index contributed by atoms with van der Waals surface area (Å²) in [5.41, 5.74) is 7.78. The number of anilines is 1. The molecule has 1 aromatic rings. The fourth-order valence-electron chi connectivity index (χ4n) is 2.72. The maximum atomic E-state index is 12.2. The van der Waals surface area contributed by atoms with Gasteiger partial charge >= 0.3 is 0 Å². The molecule has 1 aromatic heterocycles. The van der Waals surface area contributed by atoms with Crippen LogP contribution in [0.5, 0.6) is 0 Å². The first-order valence-electron chi connectivity index (χ1n) is 6.65. The topological polar surface area (TPSA) is 72.9 Å². The number of amides is 1. The van der Waals surface area contributed by atoms with Crippen molar-refractivity contribution in [3.63, 3.8) is 0 Å². The van der Waals surface area contributed by atoms with Crippen molar-refractivity contribution in [1.29, 1.82) is 0 Å². The molecule has 1 heterocycles. The van der Waals surface area contributed by atoms with Gasteiger partial charge in [0.2, 0.25) is 0 Å². The van der Waals surface area contributed by atoms with Gasteiger partial charge < -0.3 is 11.1 Å². The third-order valence-electron chi connectivity index (χ3n) is 3.74. The molecule has 2 rings (SSSR count). The van der Waals surface area contributed by atoms with E-state index in [0.717, 1.165) is 25.0 Å². The SMILES string of the molecule is CCc1nn(C)c(C(=O)NC2CCC(C)C2)c1N. The maximum Gasteiger partial charge on any atom is 0.271 e. The first kappa shape index (κ1) is 12.9. The summed E-state index contributed by atoms with van der Waals surface area (Å²) in [6.45, 7) is 4.21. The first-order chi connectivity index (χ1) is 8.52. The smallest absolute Gasteiger partial charge is 0.271 e. The molecular formula is C13H22N4O. The highest BCUT2D eigenvalue weighted by Gasteiger charge is 2.26. The second-order valence-electron chi connectivity index (χ2n) is 5.27. The van der Waals surface area contributed by atoms with E-state index in [0.29, 0.717) is 17.3 Å². The first-order valence-corrected chi connectivity index (χ1v) is 6.65. The molecule has 0 aromatic carbocycles. The zero-order valence-electron chi connectivity index (χ0n) is 11.4. The molecular weight excluding hydrogens is 228 g/mol. The molecule has 3 N–H and O–H groups in total. The minimum atomic E-state index is -0.0960. The van der Waals surface area contributed by atoms with Crippen molar-refractivity contribution in [1.82, 2.24) is 15.1 Å². The summed E-state index contributed by atoms with van der Waals surface area (Å²) in [4.78, 5) is 12.2. The zero-order chi connectivity index (χ0) is 13.3. The van der Waals surface area contributed by atoms with Gasteiger partial charge in [0.15, 0.2) is 0 Å². The van der Waals surface area contributed by atoms with Gasteiger partial charge in [-0.3, -0.25) is 9.48 Å². The molecule has 1 saturated carbocycles. The number of nitrogens with zero attached hydrogens (tertiary/aromatic N) is 2. The molecule has 2 atom stereocenters. The van der Waals surface area contributed by atoms with Crippen LogP contribution in [0.15, 0.2) is 0 Å². The second kappa shape index (κ2) is 5.00. The van der Waals surface area contributed by atoms with Crippen LogP contribution in [0.3, 0.4) is 0 Å². The Morgan fingerprint density at radius 2 is 2.28 bits per heavy atom. The molecule has 0 aliphatic heterocycles. The molecule has 5 nitrogen and oxygen atoms in total. The van der Waals surface area contributed by atoms with Crippen LogP contribution < -0.4 is 11.1 Å². The lowest BCUT2D eigenvalue weighted by atomic mass is 10.1. The molecule has 1 aliphatic rings. The Bertz CT molecular complexity index is 452. The molecule has 1 amide bonds. The summed E-state index contributed by atoms with van der Waals surface area (Å²) in [7, 11) is 1.77. The standard InChI is InChI=1S/C13H22N4O/c1-4-10-11(14)12(17(3)16-10)13(18)15-9-6-5-8(2)7-9/h8-9H,4-7,14H2,1-3H3,(H,15,18). The van der Waals surface area contributed by atoms with Gasteiger partial charge in [-0.25, -0.2) is 0 Å². The van der Waals surface area contributed by atoms with E-state index in [-0.39, 0.29) is 11.9 Å². The van der Waals surface area contributed by atoms with Crippen molar-refractivity contribution in [3.05, 3.63) is 11.4 Å². The fourth-order valence-corrected chi connectivity index (χ4v) is 2.72. The molecule has 2 unspecified atom stereocenters. The number of nitrogen functional groups attached to an aromatic ring is 1. The highest BCUT2D eigenvalue weighted by molar-refractivity contribution is 5.98. The van der Waals surface area contributed by atoms with Crippen LogP contribution in [0.1, 0.15) is 49.3 Å². The molecule has 1 fully saturated rings. The molecule has 100 valence electrons. The predicted octanol–water partition coefficient (Wildman–Crippen LogP) is 1.48. The second-order valence-corrected chi connectivity index (χ2v) is 5.27. The van der Waals surface area contributed by atoms with Gasteiger partial charge in [0.1, 0.15) is 5.69 Å². The third kappa shape index (κ3) is 2.35. The van der Waals surface area contributed by atoms with Gasteiger partial charge in [-0.15, -0.1) is 0 Å². The van der Waals surface area contributed by atoms with Gasteiger partial charge in [-0.2, -0.15) is 5.10 Å². The number of aromatic nitrogens is 2. The van der Waals surface area contributed by atoms with E-state index in [1.54, 1.807) is 11.7 Å². The predicted molar refractivity (Wildman–Crippen MR) is 71.3 cm³/mol. The van der Waals surface area contributed by atoms with Gasteiger partial charge in [-0.05, 0) is 31.6 Å². The minimum absolute atomic E-state index is 0.0960. The molecule has 0 bridgehead atoms. The van der Waals surface area contributed by atoms with E-state index in [1.807, 2.05) is 6.92 Å². The monoisotopic (exact) mass is 250 g/mol. The summed E-state index contributed by atoms with van der Waals surface area (Å²) in [6, 6.07) is 0.284. The van der Waals surface area contributed by atoms with Crippen LogP contribution in [0.4, 0.5) is 5.69 Å². The highest BCUT2D eigenvalue weighted by Crippen LogP contribution is 2.25. The maximum absolute atomic E-state index is 12.2. The van der Waals surface area contributed by atoms with Crippen molar-refractivity contribution in [2.45, 2.75) is 45.6 Å². The van der Waals surface area contributed by atoms with Gasteiger partial charge in [0.25, 0.3) is 5.91 Å². The fraction of sp³-hybridized carbons (Fsp3) is 0.692. The van der Waals surface area contributed by atoms with Crippen molar-refractivity contribution in [3.8, 4) is 0 Å². The lowest BCUT2D eigenvalue weighted by Gasteiger charge is -2.12. The van der Waals surface area contributed by atoms with Crippen LogP contribution in [0.25, 0.3) is 0 Å². The normalized spacial score (nSPS) is 23.3. The van der Waals surface area contributed by atoms with Crippen molar-refractivity contribution < 1.29 is 4.79 Å². The van der Waals surface area contributed by atoms with Crippen LogP contribution in [0, 0.1) is 5.92 Å². The number of aryl methyl sites for hydroxylation is 2. The Morgan fingerprint density at radius 1 is 1.56 bits per heavy atom. The van der Waals surface area contributed by atoms with Crippen molar-refractivity contribution in [2.24, 2.45) is 13.0 Å². The van der Waals surface area contributed by atoms with Gasteiger partial charge in [0, 0.05) is 13.1 Å². The van der Waals surface area contributed by atoms with E-state index in [4.69, 9.17) is 5.73 Å². The van der Waals surface area contributed by atoms with Crippen molar-refractivity contribution >= 4 is 11.6 Å². The molecule has 5 heteroatoms. The third-order valence-corrected chi connectivity index (χ3v) is 3.74. The molecule has 0 spiro atoms. The molecule has 0 radical (unpaired) electrons. The van der Waals surface area contributed by atoms with Crippen LogP contribution in [-0.4, -0.2) is 21.7 Å². The summed E-state index contributed by atoms with van der Waals surface area (Å²) in [5.74, 6) is 0.603. The van der Waals surface area contributed by atoms with E-state index >= 15 is 0 Å². The summed E-state index contributed by atoms with van der Waals surface area (Å²) >= 11 is 0. The van der Waals surface area contributed by atoms with E-state index in [9.17, 15) is 4.79 Å². The lowest BCUT2D eigenvalue weighted by molar-refractivity contribution is 0.0928. The Kier molecular flexibility index (Phi) is 3.59. The summed E-state index contributed by atoms with van der Waals surface area (Å²) < 4.78 is 1.59. The van der Waals surface area contributed by atoms with Crippen LogP contribution in [-0.2, 0) is 13.5 Å². The number of carbonyl (C=O) groups is 1. The van der Waals surface area contributed by atoms with E-state index < -0.39 is 0 Å². The van der Waals surface area contributed by atoms with Crippen molar-refractivity contribution in [2.75, 3.05) is 5.73 Å². The number of rotatable bonds is 3. The number of hydrogen-bond donors (Lipinski definition) is 2. The Labute approximate surface area is 108 Å². The average molecular weight is 250 g/mol. The highest BCUT2D eigenvalue weighted by atomic mass is 16.2. The number of nitrogens with one attached hydrogen (secondary N) is 1. The quantitative estimate of drug-likeness (QED) is 0.853. The zero-order valence-corrected chi connectivity index (χ0v) is 11.4. The molecule has 18 heavy (non-hydrogen) atoms. The number of nitrogens with two attached hydrogens (primary N) is 1. The van der Waals surface area contributed by atoms with Crippen LogP contribution >= 0.6 is 0 Å². The Hall–Kier alpha value is -1.52. The van der Waals surface area contributed by atoms with E-state index in [1.165, 1.54) is 6.42 Å². The summed E-state index contributed by atoms with van der Waals surface area (Å²) in [6.07, 6.45) is 4.05. The Morgan fingerprint density at radius 3 is 2.78 bits per heavy atom. The number of hydrogen-bond acceptors (Lipinski definition) is 3. The molecule has 0 saturated heterocycles. The Balaban J connectivity index is 2.11. The largest absolute Gasteiger partial charge is 0.395 e. The van der Waals surface area contributed by atoms with E-state index in [2.05, 4.69) is 17.3 Å². The summed E-state index contributed by atoms with van der Waals surface area (Å²) in [5, 5.41) is 7.33. The van der Waals surface area contributed by atoms with Crippen LogP contribution in [0.2, 0.25) is 0 Å². The minimum Gasteiger partial charge on any atom is -0.395 e. The van der Waals surface area contributed by atoms with Gasteiger partial charge in [-0.1, -0.05) is 13.8 Å². The molecule has 1 aliphatic carbocycles. The average Bonchev–Trinajstić information content (AvgIpc) is 2.83.